The number of nitrogens with one attached hydrogen (secondary N) is 2. The van der Waals surface area contributed by atoms with Gasteiger partial charge < -0.3 is 10.6 Å². The first-order valence-electron chi connectivity index (χ1n) is 8.25. The number of nitrogens with zero attached hydrogens (tertiary/aromatic N) is 1. The number of hydrogen-bond donors (Lipinski definition) is 2. The van der Waals surface area contributed by atoms with Crippen molar-refractivity contribution < 1.29 is 14.4 Å². The fourth-order valence-electron chi connectivity index (χ4n) is 3.51. The SMILES string of the molecule is CC(C)CC1(C)NC(=O)N(CC(=O)NC2CCCCC2)C1=O. The Morgan fingerprint density at radius 3 is 2.55 bits per heavy atom. The van der Waals surface area contributed by atoms with Gasteiger partial charge in [-0.25, -0.2) is 4.79 Å². The van der Waals surface area contributed by atoms with Gasteiger partial charge in [-0.3, -0.25) is 14.5 Å². The van der Waals surface area contributed by atoms with Crippen molar-refractivity contribution in [2.45, 2.75) is 70.9 Å². The van der Waals surface area contributed by atoms with E-state index in [1.807, 2.05) is 13.8 Å². The lowest BCUT2D eigenvalue weighted by Gasteiger charge is -2.25. The van der Waals surface area contributed by atoms with Crippen LogP contribution in [0, 0.1) is 5.92 Å². The van der Waals surface area contributed by atoms with Crippen LogP contribution in [0.3, 0.4) is 0 Å². The average Bonchev–Trinajstić information content (AvgIpc) is 2.62. The fourth-order valence-corrected chi connectivity index (χ4v) is 3.51. The summed E-state index contributed by atoms with van der Waals surface area (Å²) >= 11 is 0. The first-order valence-corrected chi connectivity index (χ1v) is 8.25. The van der Waals surface area contributed by atoms with Crippen molar-refractivity contribution in [1.82, 2.24) is 15.5 Å². The Bertz CT molecular complexity index is 458. The molecule has 0 aromatic carbocycles. The molecule has 4 amide bonds. The molecule has 1 aliphatic heterocycles. The molecule has 0 radical (unpaired) electrons. The van der Waals surface area contributed by atoms with Gasteiger partial charge >= 0.3 is 6.03 Å². The van der Waals surface area contributed by atoms with Gasteiger partial charge in [0.25, 0.3) is 5.91 Å². The van der Waals surface area contributed by atoms with Crippen molar-refractivity contribution in [2.75, 3.05) is 6.54 Å². The number of hydrogen-bond acceptors (Lipinski definition) is 3. The molecule has 124 valence electrons. The second-order valence-corrected chi connectivity index (χ2v) is 7.15. The maximum absolute atomic E-state index is 12.5. The van der Waals surface area contributed by atoms with Crippen LogP contribution in [-0.2, 0) is 9.59 Å². The summed E-state index contributed by atoms with van der Waals surface area (Å²) in [6, 6.07) is -0.281. The van der Waals surface area contributed by atoms with Crippen molar-refractivity contribution >= 4 is 17.8 Å². The molecule has 2 rings (SSSR count). The summed E-state index contributed by atoms with van der Waals surface area (Å²) in [6.07, 6.45) is 6.00. The van der Waals surface area contributed by atoms with Crippen LogP contribution in [0.2, 0.25) is 0 Å². The molecule has 0 bridgehead atoms. The molecule has 2 fully saturated rings. The molecule has 1 heterocycles. The van der Waals surface area contributed by atoms with Crippen molar-refractivity contribution in [3.8, 4) is 0 Å². The van der Waals surface area contributed by atoms with E-state index in [-0.39, 0.29) is 30.3 Å². The van der Waals surface area contributed by atoms with Gasteiger partial charge in [-0.15, -0.1) is 0 Å². The van der Waals surface area contributed by atoms with E-state index in [4.69, 9.17) is 0 Å². The van der Waals surface area contributed by atoms with Gasteiger partial charge in [-0.05, 0) is 32.1 Å². The molecule has 6 heteroatoms. The van der Waals surface area contributed by atoms with Crippen LogP contribution in [0.5, 0.6) is 0 Å². The van der Waals surface area contributed by atoms with Gasteiger partial charge in [0.05, 0.1) is 0 Å². The summed E-state index contributed by atoms with van der Waals surface area (Å²) in [5.41, 5.74) is -0.892. The monoisotopic (exact) mass is 309 g/mol. The highest BCUT2D eigenvalue weighted by atomic mass is 16.2. The normalized spacial score (nSPS) is 26.5. The lowest BCUT2D eigenvalue weighted by Crippen LogP contribution is -2.47. The summed E-state index contributed by atoms with van der Waals surface area (Å²) in [5.74, 6) is -0.264. The largest absolute Gasteiger partial charge is 0.352 e. The summed E-state index contributed by atoms with van der Waals surface area (Å²) in [7, 11) is 0. The molecule has 1 saturated heterocycles. The van der Waals surface area contributed by atoms with E-state index in [1.165, 1.54) is 6.42 Å². The number of carbonyl (C=O) groups is 3. The van der Waals surface area contributed by atoms with E-state index in [0.717, 1.165) is 30.6 Å². The maximum atomic E-state index is 12.5. The summed E-state index contributed by atoms with van der Waals surface area (Å²) in [5, 5.41) is 5.67. The molecule has 1 saturated carbocycles. The van der Waals surface area contributed by atoms with Crippen molar-refractivity contribution in [1.29, 1.82) is 0 Å². The van der Waals surface area contributed by atoms with Crippen molar-refractivity contribution in [3.63, 3.8) is 0 Å². The quantitative estimate of drug-likeness (QED) is 0.760. The minimum Gasteiger partial charge on any atom is -0.352 e. The van der Waals surface area contributed by atoms with Gasteiger partial charge in [-0.2, -0.15) is 0 Å². The number of amides is 4. The Morgan fingerprint density at radius 2 is 1.95 bits per heavy atom. The van der Waals surface area contributed by atoms with E-state index in [0.29, 0.717) is 6.42 Å². The third-order valence-electron chi connectivity index (χ3n) is 4.43. The second-order valence-electron chi connectivity index (χ2n) is 7.15. The van der Waals surface area contributed by atoms with Gasteiger partial charge in [0.2, 0.25) is 5.91 Å². The molecule has 1 unspecified atom stereocenters. The molecule has 2 aliphatic rings. The topological polar surface area (TPSA) is 78.5 Å². The lowest BCUT2D eigenvalue weighted by atomic mass is 9.91. The second kappa shape index (κ2) is 6.67. The van der Waals surface area contributed by atoms with Crippen molar-refractivity contribution in [2.24, 2.45) is 5.92 Å². The van der Waals surface area contributed by atoms with E-state index < -0.39 is 11.6 Å². The number of imide groups is 1. The van der Waals surface area contributed by atoms with Crippen molar-refractivity contribution in [3.05, 3.63) is 0 Å². The van der Waals surface area contributed by atoms with Crippen LogP contribution < -0.4 is 10.6 Å². The standard InChI is InChI=1S/C16H27N3O3/c1-11(2)9-16(3)14(21)19(15(22)18-16)10-13(20)17-12-7-5-4-6-8-12/h11-12H,4-10H2,1-3H3,(H,17,20)(H,18,22). The van der Waals surface area contributed by atoms with Crippen LogP contribution in [-0.4, -0.2) is 40.9 Å². The van der Waals surface area contributed by atoms with Crippen LogP contribution in [0.4, 0.5) is 4.79 Å². The first kappa shape index (κ1) is 16.8. The van der Waals surface area contributed by atoms with Crippen LogP contribution in [0.1, 0.15) is 59.3 Å². The molecule has 2 N–H and O–H groups in total. The molecule has 6 nitrogen and oxygen atoms in total. The van der Waals surface area contributed by atoms with E-state index in [9.17, 15) is 14.4 Å². The lowest BCUT2D eigenvalue weighted by molar-refractivity contribution is -0.135. The Labute approximate surface area is 132 Å². The van der Waals surface area contributed by atoms with Gasteiger partial charge in [0, 0.05) is 6.04 Å². The third kappa shape index (κ3) is 3.78. The molecular formula is C16H27N3O3. The molecule has 1 atom stereocenters. The molecule has 0 spiro atoms. The van der Waals surface area contributed by atoms with E-state index >= 15 is 0 Å². The number of rotatable bonds is 5. The fraction of sp³-hybridized carbons (Fsp3) is 0.812. The molecule has 22 heavy (non-hydrogen) atoms. The zero-order valence-electron chi connectivity index (χ0n) is 13.8. The minimum atomic E-state index is -0.892. The number of urea groups is 1. The molecule has 0 aromatic heterocycles. The molecule has 0 aromatic rings. The minimum absolute atomic E-state index is 0.184. The first-order chi connectivity index (χ1) is 10.3. The molecular weight excluding hydrogens is 282 g/mol. The number of carbonyl (C=O) groups excluding carboxylic acids is 3. The van der Waals surface area contributed by atoms with Crippen LogP contribution in [0.15, 0.2) is 0 Å². The van der Waals surface area contributed by atoms with Gasteiger partial charge in [-0.1, -0.05) is 33.1 Å². The Kier molecular flexibility index (Phi) is 5.08. The highest BCUT2D eigenvalue weighted by Gasteiger charge is 2.48. The summed E-state index contributed by atoms with van der Waals surface area (Å²) < 4.78 is 0. The zero-order valence-corrected chi connectivity index (χ0v) is 13.8. The molecule has 1 aliphatic carbocycles. The Morgan fingerprint density at radius 1 is 1.32 bits per heavy atom. The Hall–Kier alpha value is -1.59. The predicted octanol–water partition coefficient (Wildman–Crippen LogP) is 1.79. The summed E-state index contributed by atoms with van der Waals surface area (Å²) in [6.45, 7) is 5.55. The zero-order chi connectivity index (χ0) is 16.3. The third-order valence-corrected chi connectivity index (χ3v) is 4.43. The summed E-state index contributed by atoms with van der Waals surface area (Å²) in [4.78, 5) is 37.6. The van der Waals surface area contributed by atoms with E-state index in [1.54, 1.807) is 6.92 Å². The van der Waals surface area contributed by atoms with E-state index in [2.05, 4.69) is 10.6 Å². The smallest absolute Gasteiger partial charge is 0.325 e. The van der Waals surface area contributed by atoms with Gasteiger partial charge in [0.15, 0.2) is 0 Å². The van der Waals surface area contributed by atoms with Crippen LogP contribution >= 0.6 is 0 Å². The predicted molar refractivity (Wildman–Crippen MR) is 83.1 cm³/mol. The average molecular weight is 309 g/mol. The Balaban J connectivity index is 1.92. The highest BCUT2D eigenvalue weighted by Crippen LogP contribution is 2.25. The highest BCUT2D eigenvalue weighted by molar-refractivity contribution is 6.08. The maximum Gasteiger partial charge on any atom is 0.325 e. The van der Waals surface area contributed by atoms with Gasteiger partial charge in [0.1, 0.15) is 12.1 Å². The van der Waals surface area contributed by atoms with Crippen LogP contribution in [0.25, 0.3) is 0 Å².